The first kappa shape index (κ1) is 11.2. The number of ether oxygens (including phenoxy) is 1. The number of nitrogens with zero attached hydrogens (tertiary/aromatic N) is 1. The van der Waals surface area contributed by atoms with E-state index in [1.54, 1.807) is 4.90 Å². The molecule has 0 unspecified atom stereocenters. The van der Waals surface area contributed by atoms with E-state index < -0.39 is 0 Å². The molecule has 1 N–H and O–H groups in total. The van der Waals surface area contributed by atoms with Crippen molar-refractivity contribution >= 4 is 12.0 Å². The van der Waals surface area contributed by atoms with E-state index in [0.29, 0.717) is 26.2 Å². The van der Waals surface area contributed by atoms with Crippen molar-refractivity contribution in [1.82, 2.24) is 10.2 Å². The Balaban J connectivity index is 1.63. The van der Waals surface area contributed by atoms with Crippen LogP contribution in [0.15, 0.2) is 0 Å². The second-order valence-electron chi connectivity index (χ2n) is 4.37. The van der Waals surface area contributed by atoms with E-state index in [9.17, 15) is 9.59 Å². The molecule has 1 heterocycles. The van der Waals surface area contributed by atoms with E-state index in [0.717, 1.165) is 25.7 Å². The Morgan fingerprint density at radius 2 is 2.19 bits per heavy atom. The van der Waals surface area contributed by atoms with Crippen molar-refractivity contribution in [2.45, 2.75) is 25.7 Å². The number of hydrogen-bond acceptors (Lipinski definition) is 3. The lowest BCUT2D eigenvalue weighted by Crippen LogP contribution is -2.37. The molecule has 0 aromatic rings. The van der Waals surface area contributed by atoms with Gasteiger partial charge in [-0.15, -0.1) is 0 Å². The van der Waals surface area contributed by atoms with Crippen molar-refractivity contribution in [2.24, 2.45) is 5.92 Å². The highest BCUT2D eigenvalue weighted by atomic mass is 16.6. The third-order valence-electron chi connectivity index (χ3n) is 3.25. The van der Waals surface area contributed by atoms with E-state index in [1.165, 1.54) is 0 Å². The summed E-state index contributed by atoms with van der Waals surface area (Å²) in [4.78, 5) is 24.4. The molecule has 0 aromatic heterocycles. The number of rotatable bonds is 4. The topological polar surface area (TPSA) is 58.6 Å². The van der Waals surface area contributed by atoms with Crippen molar-refractivity contribution in [3.63, 3.8) is 0 Å². The van der Waals surface area contributed by atoms with Crippen LogP contribution in [0.1, 0.15) is 25.7 Å². The van der Waals surface area contributed by atoms with Gasteiger partial charge in [-0.3, -0.25) is 4.79 Å². The van der Waals surface area contributed by atoms with Crippen LogP contribution in [-0.2, 0) is 9.53 Å². The Hall–Kier alpha value is -1.26. The van der Waals surface area contributed by atoms with Crippen molar-refractivity contribution in [3.8, 4) is 0 Å². The number of nitrogens with one attached hydrogen (secondary N) is 1. The molecule has 0 bridgehead atoms. The highest BCUT2D eigenvalue weighted by Gasteiger charge is 2.24. The first-order valence-corrected chi connectivity index (χ1v) is 5.97. The average Bonchev–Trinajstić information content (AvgIpc) is 2.90. The van der Waals surface area contributed by atoms with E-state index in [2.05, 4.69) is 5.32 Å². The molecule has 1 saturated heterocycles. The van der Waals surface area contributed by atoms with Crippen molar-refractivity contribution < 1.29 is 14.3 Å². The molecule has 1 aliphatic heterocycles. The maximum Gasteiger partial charge on any atom is 0.409 e. The van der Waals surface area contributed by atoms with Crippen LogP contribution < -0.4 is 5.32 Å². The minimum Gasteiger partial charge on any atom is -0.448 e. The standard InChI is InChI=1S/C11H18N2O3/c14-10(9-3-1-2-4-9)12-5-6-13-7-8-16-11(13)15/h9H,1-8H2,(H,12,14). The van der Waals surface area contributed by atoms with Gasteiger partial charge in [0.05, 0.1) is 6.54 Å². The molecule has 0 spiro atoms. The Morgan fingerprint density at radius 3 is 2.81 bits per heavy atom. The monoisotopic (exact) mass is 226 g/mol. The molecule has 0 atom stereocenters. The quantitative estimate of drug-likeness (QED) is 0.769. The van der Waals surface area contributed by atoms with Crippen LogP contribution in [0.4, 0.5) is 4.79 Å². The molecule has 90 valence electrons. The van der Waals surface area contributed by atoms with Gasteiger partial charge in [0.1, 0.15) is 6.61 Å². The molecule has 16 heavy (non-hydrogen) atoms. The third-order valence-corrected chi connectivity index (χ3v) is 3.25. The van der Waals surface area contributed by atoms with Gasteiger partial charge >= 0.3 is 6.09 Å². The average molecular weight is 226 g/mol. The number of amides is 2. The fraction of sp³-hybridized carbons (Fsp3) is 0.818. The lowest BCUT2D eigenvalue weighted by molar-refractivity contribution is -0.124. The zero-order valence-electron chi connectivity index (χ0n) is 9.41. The van der Waals surface area contributed by atoms with Crippen molar-refractivity contribution in [1.29, 1.82) is 0 Å². The minimum absolute atomic E-state index is 0.144. The van der Waals surface area contributed by atoms with Crippen LogP contribution in [0.5, 0.6) is 0 Å². The van der Waals surface area contributed by atoms with Gasteiger partial charge < -0.3 is 15.0 Å². The van der Waals surface area contributed by atoms with Crippen LogP contribution in [0, 0.1) is 5.92 Å². The minimum atomic E-state index is -0.268. The summed E-state index contributed by atoms with van der Waals surface area (Å²) in [7, 11) is 0. The van der Waals surface area contributed by atoms with Gasteiger partial charge in [-0.2, -0.15) is 0 Å². The van der Waals surface area contributed by atoms with Crippen molar-refractivity contribution in [3.05, 3.63) is 0 Å². The molecular formula is C11H18N2O3. The first-order valence-electron chi connectivity index (χ1n) is 5.97. The third kappa shape index (κ3) is 2.65. The number of cyclic esters (lactones) is 1. The summed E-state index contributed by atoms with van der Waals surface area (Å²) in [5.74, 6) is 0.343. The summed E-state index contributed by atoms with van der Waals surface area (Å²) < 4.78 is 4.80. The van der Waals surface area contributed by atoms with Crippen LogP contribution in [-0.4, -0.2) is 43.1 Å². The number of carbonyl (C=O) groups excluding carboxylic acids is 2. The van der Waals surface area contributed by atoms with Gasteiger partial charge in [0.15, 0.2) is 0 Å². The van der Waals surface area contributed by atoms with Gasteiger partial charge in [-0.1, -0.05) is 12.8 Å². The van der Waals surface area contributed by atoms with Crippen molar-refractivity contribution in [2.75, 3.05) is 26.2 Å². The van der Waals surface area contributed by atoms with Crippen LogP contribution in [0.2, 0.25) is 0 Å². The lowest BCUT2D eigenvalue weighted by atomic mass is 10.1. The van der Waals surface area contributed by atoms with Gasteiger partial charge in [-0.05, 0) is 12.8 Å². The fourth-order valence-corrected chi connectivity index (χ4v) is 2.28. The van der Waals surface area contributed by atoms with E-state index >= 15 is 0 Å². The Morgan fingerprint density at radius 1 is 1.44 bits per heavy atom. The smallest absolute Gasteiger partial charge is 0.409 e. The maximum atomic E-state index is 11.7. The normalized spacial score (nSPS) is 21.2. The molecule has 5 heteroatoms. The second kappa shape index (κ2) is 5.18. The highest BCUT2D eigenvalue weighted by Crippen LogP contribution is 2.24. The van der Waals surface area contributed by atoms with E-state index in [1.807, 2.05) is 0 Å². The summed E-state index contributed by atoms with van der Waals surface area (Å²) in [6, 6.07) is 0. The van der Waals surface area contributed by atoms with E-state index in [4.69, 9.17) is 4.74 Å². The second-order valence-corrected chi connectivity index (χ2v) is 4.37. The molecule has 0 aromatic carbocycles. The highest BCUT2D eigenvalue weighted by molar-refractivity contribution is 5.78. The molecule has 2 rings (SSSR count). The van der Waals surface area contributed by atoms with Gasteiger partial charge in [0.25, 0.3) is 0 Å². The van der Waals surface area contributed by atoms with Crippen LogP contribution in [0.25, 0.3) is 0 Å². The zero-order valence-corrected chi connectivity index (χ0v) is 9.41. The summed E-state index contributed by atoms with van der Waals surface area (Å²) in [6.45, 7) is 2.19. The molecule has 5 nitrogen and oxygen atoms in total. The first-order chi connectivity index (χ1) is 7.77. The predicted octanol–water partition coefficient (Wildman–Crippen LogP) is 0.745. The lowest BCUT2D eigenvalue weighted by Gasteiger charge is -2.14. The summed E-state index contributed by atoms with van der Waals surface area (Å²) in [5, 5.41) is 2.88. The summed E-state index contributed by atoms with van der Waals surface area (Å²) in [5.41, 5.74) is 0. The van der Waals surface area contributed by atoms with Crippen LogP contribution >= 0.6 is 0 Å². The molecule has 2 fully saturated rings. The summed E-state index contributed by atoms with van der Waals surface area (Å²) >= 11 is 0. The Labute approximate surface area is 95.1 Å². The molecule has 1 aliphatic carbocycles. The fourth-order valence-electron chi connectivity index (χ4n) is 2.28. The Kier molecular flexibility index (Phi) is 3.64. The van der Waals surface area contributed by atoms with Crippen LogP contribution in [0.3, 0.4) is 0 Å². The van der Waals surface area contributed by atoms with Gasteiger partial charge in [0, 0.05) is 19.0 Å². The SMILES string of the molecule is O=C(NCCN1CCOC1=O)C1CCCC1. The molecule has 2 aliphatic rings. The number of hydrogen-bond donors (Lipinski definition) is 1. The molecular weight excluding hydrogens is 208 g/mol. The largest absolute Gasteiger partial charge is 0.448 e. The molecule has 2 amide bonds. The van der Waals surface area contributed by atoms with Gasteiger partial charge in [-0.25, -0.2) is 4.79 Å². The van der Waals surface area contributed by atoms with Gasteiger partial charge in [0.2, 0.25) is 5.91 Å². The Bertz CT molecular complexity index is 274. The maximum absolute atomic E-state index is 11.7. The predicted molar refractivity (Wildman–Crippen MR) is 57.9 cm³/mol. The summed E-state index contributed by atoms with van der Waals surface area (Å²) in [6.07, 6.45) is 4.08. The molecule has 1 saturated carbocycles. The molecule has 0 radical (unpaired) electrons. The zero-order chi connectivity index (χ0) is 11.4. The number of carbonyl (C=O) groups is 2. The van der Waals surface area contributed by atoms with E-state index in [-0.39, 0.29) is 17.9 Å².